The Hall–Kier alpha value is -3.19. The molecule has 0 bridgehead atoms. The lowest BCUT2D eigenvalue weighted by molar-refractivity contribution is -0.135. The van der Waals surface area contributed by atoms with Crippen LogP contribution in [0.3, 0.4) is 0 Å². The van der Waals surface area contributed by atoms with Gasteiger partial charge in [-0.2, -0.15) is 0 Å². The number of benzene rings is 1. The van der Waals surface area contributed by atoms with Gasteiger partial charge in [-0.05, 0) is 36.6 Å². The van der Waals surface area contributed by atoms with E-state index in [-0.39, 0.29) is 5.91 Å². The van der Waals surface area contributed by atoms with Crippen LogP contribution in [0.25, 0.3) is 10.9 Å². The number of rotatable bonds is 5. The Bertz CT molecular complexity index is 998. The minimum Gasteiger partial charge on any atom is -0.481 e. The predicted octanol–water partition coefficient (Wildman–Crippen LogP) is 3.75. The number of hydroxylamine groups is 1. The van der Waals surface area contributed by atoms with Gasteiger partial charge in [-0.1, -0.05) is 25.0 Å². The van der Waals surface area contributed by atoms with E-state index < -0.39 is 5.41 Å². The molecule has 0 atom stereocenters. The molecule has 0 aliphatic heterocycles. The number of pyridine rings is 2. The largest absolute Gasteiger partial charge is 0.481 e. The molecule has 144 valence electrons. The Morgan fingerprint density at radius 1 is 1.14 bits per heavy atom. The highest BCUT2D eigenvalue weighted by molar-refractivity contribution is 5.88. The second-order valence-electron chi connectivity index (χ2n) is 6.91. The number of fused-ring (bicyclic) bond motifs is 1. The molecule has 2 heterocycles. The molecule has 28 heavy (non-hydrogen) atoms. The summed E-state index contributed by atoms with van der Waals surface area (Å²) < 4.78 is 11.2. The number of ether oxygens (including phenoxy) is 2. The number of nitrogens with one attached hydrogen (secondary N) is 1. The first kappa shape index (κ1) is 18.2. The molecule has 1 amide bonds. The Morgan fingerprint density at radius 3 is 2.57 bits per heavy atom. The molecule has 1 fully saturated rings. The highest BCUT2D eigenvalue weighted by Crippen LogP contribution is 2.42. The molecule has 0 radical (unpaired) electrons. The number of nitrogens with zero attached hydrogens (tertiary/aromatic N) is 2. The van der Waals surface area contributed by atoms with Crippen LogP contribution >= 0.6 is 0 Å². The van der Waals surface area contributed by atoms with Crippen molar-refractivity contribution >= 4 is 16.8 Å². The molecule has 1 aliphatic carbocycles. The van der Waals surface area contributed by atoms with E-state index in [4.69, 9.17) is 14.7 Å². The van der Waals surface area contributed by atoms with Crippen LogP contribution in [0.2, 0.25) is 0 Å². The van der Waals surface area contributed by atoms with Gasteiger partial charge in [0.1, 0.15) is 11.5 Å². The van der Waals surface area contributed by atoms with Crippen molar-refractivity contribution in [2.45, 2.75) is 31.1 Å². The van der Waals surface area contributed by atoms with Crippen LogP contribution in [0, 0.1) is 0 Å². The normalized spacial score (nSPS) is 15.4. The first-order valence-electron chi connectivity index (χ1n) is 9.18. The molecule has 0 saturated heterocycles. The van der Waals surface area contributed by atoms with Crippen LogP contribution in [-0.4, -0.2) is 28.2 Å². The van der Waals surface area contributed by atoms with Gasteiger partial charge in [-0.25, -0.2) is 10.5 Å². The summed E-state index contributed by atoms with van der Waals surface area (Å²) in [7, 11) is 1.56. The van der Waals surface area contributed by atoms with E-state index in [9.17, 15) is 4.79 Å². The van der Waals surface area contributed by atoms with Crippen molar-refractivity contribution in [1.82, 2.24) is 15.4 Å². The molecule has 2 N–H and O–H groups in total. The minimum atomic E-state index is -0.670. The van der Waals surface area contributed by atoms with E-state index in [0.717, 1.165) is 42.1 Å². The van der Waals surface area contributed by atoms with E-state index in [1.165, 1.54) is 0 Å². The lowest BCUT2D eigenvalue weighted by atomic mass is 9.78. The van der Waals surface area contributed by atoms with Crippen LogP contribution in [-0.2, 0) is 10.2 Å². The molecule has 1 saturated carbocycles. The number of methoxy groups -OCH3 is 1. The average molecular weight is 379 g/mol. The van der Waals surface area contributed by atoms with Gasteiger partial charge in [0.15, 0.2) is 0 Å². The zero-order chi connectivity index (χ0) is 19.6. The van der Waals surface area contributed by atoms with Gasteiger partial charge in [0.05, 0.1) is 23.4 Å². The van der Waals surface area contributed by atoms with Crippen LogP contribution in [0.5, 0.6) is 17.4 Å². The number of aromatic nitrogens is 2. The van der Waals surface area contributed by atoms with Crippen molar-refractivity contribution in [3.8, 4) is 17.4 Å². The fourth-order valence-corrected chi connectivity index (χ4v) is 3.90. The van der Waals surface area contributed by atoms with Crippen molar-refractivity contribution in [2.75, 3.05) is 7.11 Å². The molecule has 4 rings (SSSR count). The Labute approximate surface area is 162 Å². The fraction of sp³-hybridized carbons (Fsp3) is 0.286. The summed E-state index contributed by atoms with van der Waals surface area (Å²) >= 11 is 0. The first-order valence-corrected chi connectivity index (χ1v) is 9.18. The molecule has 0 unspecified atom stereocenters. The standard InChI is InChI=1S/C21H21N3O4/c1-27-19-12-17-16(13-23-19)18(8-11-22-17)28-15-6-4-14(5-7-15)21(20(25)24-26)9-2-3-10-21/h4-8,11-13,26H,2-3,9-10H2,1H3,(H,24,25). The molecular formula is C21H21N3O4. The highest BCUT2D eigenvalue weighted by Gasteiger charge is 2.42. The molecule has 1 aliphatic rings. The molecule has 0 spiro atoms. The monoisotopic (exact) mass is 379 g/mol. The van der Waals surface area contributed by atoms with Crippen molar-refractivity contribution in [3.63, 3.8) is 0 Å². The van der Waals surface area contributed by atoms with Crippen LogP contribution in [0.4, 0.5) is 0 Å². The Balaban J connectivity index is 1.62. The maximum absolute atomic E-state index is 12.3. The first-order chi connectivity index (χ1) is 13.7. The smallest absolute Gasteiger partial charge is 0.253 e. The van der Waals surface area contributed by atoms with Crippen molar-refractivity contribution in [3.05, 3.63) is 54.4 Å². The third-order valence-corrected chi connectivity index (χ3v) is 5.40. The lowest BCUT2D eigenvalue weighted by Gasteiger charge is -2.27. The van der Waals surface area contributed by atoms with Gasteiger partial charge in [-0.3, -0.25) is 15.0 Å². The van der Waals surface area contributed by atoms with Gasteiger partial charge in [0.2, 0.25) is 5.88 Å². The van der Waals surface area contributed by atoms with Gasteiger partial charge in [-0.15, -0.1) is 0 Å². The number of carbonyl (C=O) groups excluding carboxylic acids is 1. The summed E-state index contributed by atoms with van der Waals surface area (Å²) in [5, 5.41) is 9.94. The minimum absolute atomic E-state index is 0.348. The maximum Gasteiger partial charge on any atom is 0.253 e. The number of hydrogen-bond acceptors (Lipinski definition) is 6. The molecule has 7 heteroatoms. The lowest BCUT2D eigenvalue weighted by Crippen LogP contribution is -2.41. The SMILES string of the molecule is COc1cc2nccc(Oc3ccc(C4(C(=O)NO)CCCC4)cc3)c2cn1. The third kappa shape index (κ3) is 3.14. The second-order valence-corrected chi connectivity index (χ2v) is 6.91. The molecular weight excluding hydrogens is 358 g/mol. The van der Waals surface area contributed by atoms with Crippen molar-refractivity contribution in [1.29, 1.82) is 0 Å². The number of carbonyl (C=O) groups is 1. The molecule has 7 nitrogen and oxygen atoms in total. The van der Waals surface area contributed by atoms with E-state index in [2.05, 4.69) is 9.97 Å². The van der Waals surface area contributed by atoms with Gasteiger partial charge in [0, 0.05) is 18.5 Å². The van der Waals surface area contributed by atoms with Crippen LogP contribution < -0.4 is 15.0 Å². The molecule has 1 aromatic carbocycles. The molecule has 2 aromatic heterocycles. The maximum atomic E-state index is 12.3. The third-order valence-electron chi connectivity index (χ3n) is 5.40. The van der Waals surface area contributed by atoms with Crippen molar-refractivity contribution in [2.24, 2.45) is 0 Å². The van der Waals surface area contributed by atoms with E-state index in [1.54, 1.807) is 31.6 Å². The van der Waals surface area contributed by atoms with Crippen molar-refractivity contribution < 1.29 is 19.5 Å². The number of amides is 1. The average Bonchev–Trinajstić information content (AvgIpc) is 3.24. The summed E-state index contributed by atoms with van der Waals surface area (Å²) in [5.74, 6) is 1.42. The molecule has 3 aromatic rings. The quantitative estimate of drug-likeness (QED) is 0.518. The highest BCUT2D eigenvalue weighted by atomic mass is 16.5. The Morgan fingerprint density at radius 2 is 1.89 bits per heavy atom. The van der Waals surface area contributed by atoms with Crippen LogP contribution in [0.15, 0.2) is 48.8 Å². The summed E-state index contributed by atoms with van der Waals surface area (Å²) in [5.41, 5.74) is 2.78. The van der Waals surface area contributed by atoms with E-state index >= 15 is 0 Å². The van der Waals surface area contributed by atoms with E-state index in [0.29, 0.717) is 17.4 Å². The summed E-state index contributed by atoms with van der Waals surface area (Å²) in [6, 6.07) is 11.0. The zero-order valence-corrected chi connectivity index (χ0v) is 15.5. The topological polar surface area (TPSA) is 93.6 Å². The summed E-state index contributed by atoms with van der Waals surface area (Å²) in [6.07, 6.45) is 6.72. The summed E-state index contributed by atoms with van der Waals surface area (Å²) in [4.78, 5) is 20.8. The van der Waals surface area contributed by atoms with Crippen LogP contribution in [0.1, 0.15) is 31.2 Å². The van der Waals surface area contributed by atoms with Gasteiger partial charge < -0.3 is 9.47 Å². The van der Waals surface area contributed by atoms with Gasteiger partial charge >= 0.3 is 0 Å². The van der Waals surface area contributed by atoms with E-state index in [1.807, 2.05) is 29.7 Å². The predicted molar refractivity (Wildman–Crippen MR) is 103 cm³/mol. The zero-order valence-electron chi connectivity index (χ0n) is 15.5. The second kappa shape index (κ2) is 7.44. The fourth-order valence-electron chi connectivity index (χ4n) is 3.90. The Kier molecular flexibility index (Phi) is 4.83. The van der Waals surface area contributed by atoms with Gasteiger partial charge in [0.25, 0.3) is 5.91 Å². The summed E-state index contributed by atoms with van der Waals surface area (Å²) in [6.45, 7) is 0. The number of hydrogen-bond donors (Lipinski definition) is 2.